The number of benzene rings is 1. The zero-order valence-electron chi connectivity index (χ0n) is 14.5. The topological polar surface area (TPSA) is 85.4 Å². The number of rotatable bonds is 2. The maximum Gasteiger partial charge on any atom is 0.348 e. The minimum atomic E-state index is -0.448. The van der Waals surface area contributed by atoms with E-state index in [2.05, 4.69) is 10.3 Å². The molecule has 2 amide bonds. The van der Waals surface area contributed by atoms with Gasteiger partial charge in [0, 0.05) is 22.7 Å². The van der Waals surface area contributed by atoms with E-state index in [1.807, 2.05) is 13.0 Å². The van der Waals surface area contributed by atoms with E-state index < -0.39 is 17.8 Å². The summed E-state index contributed by atoms with van der Waals surface area (Å²) in [7, 11) is 1.34. The third kappa shape index (κ3) is 2.82. The van der Waals surface area contributed by atoms with Crippen LogP contribution in [0.3, 0.4) is 0 Å². The van der Waals surface area contributed by atoms with Crippen molar-refractivity contribution in [3.05, 3.63) is 63.7 Å². The van der Waals surface area contributed by atoms with Gasteiger partial charge in [-0.05, 0) is 41.8 Å². The predicted octanol–water partition coefficient (Wildman–Crippen LogP) is 3.20. The standard InChI is InChI=1S/C20H14N2O4S/c1-10-14-7-11(9-21-19(14)27-16(10)20(25)26-2)8-15-12-5-3-4-6-13(12)17(23)22-18(15)24/h3-9H,1-2H3,(H,22,23,24)/b15-8-. The Hall–Kier alpha value is -3.32. The number of fused-ring (bicyclic) bond motifs is 2. The molecule has 1 aliphatic heterocycles. The van der Waals surface area contributed by atoms with Crippen molar-refractivity contribution in [3.63, 3.8) is 0 Å². The van der Waals surface area contributed by atoms with E-state index in [0.717, 1.165) is 15.8 Å². The molecule has 0 aliphatic carbocycles. The number of nitrogens with zero attached hydrogens (tertiary/aromatic N) is 1. The summed E-state index contributed by atoms with van der Waals surface area (Å²) in [6, 6.07) is 8.83. The highest BCUT2D eigenvalue weighted by atomic mass is 32.1. The average molecular weight is 378 g/mol. The number of ether oxygens (including phenoxy) is 1. The summed E-state index contributed by atoms with van der Waals surface area (Å²) in [6.45, 7) is 1.84. The number of pyridine rings is 1. The quantitative estimate of drug-likeness (QED) is 0.420. The maximum absolute atomic E-state index is 12.4. The number of amides is 2. The van der Waals surface area contributed by atoms with Gasteiger partial charge in [-0.2, -0.15) is 0 Å². The summed E-state index contributed by atoms with van der Waals surface area (Å²) >= 11 is 1.27. The van der Waals surface area contributed by atoms with E-state index >= 15 is 0 Å². The lowest BCUT2D eigenvalue weighted by atomic mass is 9.93. The average Bonchev–Trinajstić information content (AvgIpc) is 3.01. The summed E-state index contributed by atoms with van der Waals surface area (Å²) in [5.74, 6) is -1.25. The van der Waals surface area contributed by atoms with Crippen LogP contribution in [0.25, 0.3) is 21.9 Å². The Morgan fingerprint density at radius 1 is 1.19 bits per heavy atom. The van der Waals surface area contributed by atoms with E-state index in [4.69, 9.17) is 4.74 Å². The number of hydrogen-bond acceptors (Lipinski definition) is 6. The Balaban J connectivity index is 1.84. The third-order valence-electron chi connectivity index (χ3n) is 4.43. The lowest BCUT2D eigenvalue weighted by molar-refractivity contribution is -0.114. The molecule has 1 N–H and O–H groups in total. The number of carbonyl (C=O) groups excluding carboxylic acids is 3. The highest BCUT2D eigenvalue weighted by Crippen LogP contribution is 2.32. The van der Waals surface area contributed by atoms with Crippen LogP contribution in [0.2, 0.25) is 0 Å². The molecule has 4 rings (SSSR count). The van der Waals surface area contributed by atoms with Gasteiger partial charge in [-0.15, -0.1) is 11.3 Å². The monoisotopic (exact) mass is 378 g/mol. The molecule has 3 aromatic rings. The van der Waals surface area contributed by atoms with Crippen LogP contribution in [0.4, 0.5) is 0 Å². The molecule has 0 atom stereocenters. The van der Waals surface area contributed by atoms with Gasteiger partial charge in [0.1, 0.15) is 9.71 Å². The minimum Gasteiger partial charge on any atom is -0.465 e. The second-order valence-electron chi connectivity index (χ2n) is 6.06. The van der Waals surface area contributed by atoms with Gasteiger partial charge in [0.05, 0.1) is 7.11 Å². The van der Waals surface area contributed by atoms with Crippen LogP contribution in [0.1, 0.15) is 36.7 Å². The Bertz CT molecular complexity index is 1160. The summed E-state index contributed by atoms with van der Waals surface area (Å²) in [4.78, 5) is 41.9. The van der Waals surface area contributed by atoms with Crippen LogP contribution in [-0.2, 0) is 9.53 Å². The SMILES string of the molecule is COC(=O)c1sc2ncc(/C=C3\C(=O)NC(=O)c4ccccc43)cc2c1C. The van der Waals surface area contributed by atoms with Crippen LogP contribution < -0.4 is 5.32 Å². The fourth-order valence-corrected chi connectivity index (χ4v) is 4.12. The Morgan fingerprint density at radius 3 is 2.67 bits per heavy atom. The second kappa shape index (κ2) is 6.44. The number of esters is 1. The number of thiophene rings is 1. The smallest absolute Gasteiger partial charge is 0.348 e. The van der Waals surface area contributed by atoms with Gasteiger partial charge in [-0.25, -0.2) is 9.78 Å². The zero-order chi connectivity index (χ0) is 19.1. The van der Waals surface area contributed by atoms with E-state index in [-0.39, 0.29) is 0 Å². The molecule has 27 heavy (non-hydrogen) atoms. The highest BCUT2D eigenvalue weighted by Gasteiger charge is 2.26. The van der Waals surface area contributed by atoms with Crippen LogP contribution in [0.15, 0.2) is 36.5 Å². The van der Waals surface area contributed by atoms with Crippen LogP contribution in [0, 0.1) is 6.92 Å². The lowest BCUT2D eigenvalue weighted by Gasteiger charge is -2.17. The molecule has 7 heteroatoms. The van der Waals surface area contributed by atoms with Gasteiger partial charge in [-0.3, -0.25) is 14.9 Å². The minimum absolute atomic E-state index is 0.394. The number of methoxy groups -OCH3 is 1. The normalized spacial score (nSPS) is 15.0. The van der Waals surface area contributed by atoms with Crippen molar-refractivity contribution in [1.82, 2.24) is 10.3 Å². The van der Waals surface area contributed by atoms with Crippen molar-refractivity contribution in [1.29, 1.82) is 0 Å². The van der Waals surface area contributed by atoms with E-state index in [0.29, 0.717) is 27.1 Å². The Kier molecular flexibility index (Phi) is 4.08. The van der Waals surface area contributed by atoms with Crippen LogP contribution in [0.5, 0.6) is 0 Å². The van der Waals surface area contributed by atoms with Crippen molar-refractivity contribution in [3.8, 4) is 0 Å². The molecule has 0 radical (unpaired) electrons. The first-order valence-corrected chi connectivity index (χ1v) is 8.95. The molecule has 0 unspecified atom stereocenters. The molecular formula is C20H14N2O4S. The van der Waals surface area contributed by atoms with Gasteiger partial charge < -0.3 is 4.74 Å². The largest absolute Gasteiger partial charge is 0.465 e. The predicted molar refractivity (Wildman–Crippen MR) is 102 cm³/mol. The van der Waals surface area contributed by atoms with E-state index in [1.54, 1.807) is 36.5 Å². The molecule has 3 heterocycles. The maximum atomic E-state index is 12.4. The molecule has 6 nitrogen and oxygen atoms in total. The first kappa shape index (κ1) is 17.1. The van der Waals surface area contributed by atoms with Gasteiger partial charge in [0.2, 0.25) is 0 Å². The van der Waals surface area contributed by atoms with Crippen molar-refractivity contribution in [2.75, 3.05) is 7.11 Å². The number of imide groups is 1. The van der Waals surface area contributed by atoms with Crippen molar-refractivity contribution < 1.29 is 19.1 Å². The van der Waals surface area contributed by atoms with Crippen molar-refractivity contribution in [2.45, 2.75) is 6.92 Å². The fraction of sp³-hybridized carbons (Fsp3) is 0.100. The van der Waals surface area contributed by atoms with E-state index in [9.17, 15) is 14.4 Å². The molecule has 0 saturated carbocycles. The molecule has 2 aromatic heterocycles. The summed E-state index contributed by atoms with van der Waals surface area (Å²) in [6.07, 6.45) is 3.33. The Morgan fingerprint density at radius 2 is 1.93 bits per heavy atom. The van der Waals surface area contributed by atoms with E-state index in [1.165, 1.54) is 18.4 Å². The molecule has 0 saturated heterocycles. The van der Waals surface area contributed by atoms with Crippen LogP contribution >= 0.6 is 11.3 Å². The van der Waals surface area contributed by atoms with Gasteiger partial charge in [0.15, 0.2) is 0 Å². The molecule has 0 spiro atoms. The first-order chi connectivity index (χ1) is 13.0. The van der Waals surface area contributed by atoms with Crippen molar-refractivity contribution in [2.24, 2.45) is 0 Å². The summed E-state index contributed by atoms with van der Waals surface area (Å²) < 4.78 is 4.81. The fourth-order valence-electron chi connectivity index (χ4n) is 3.07. The van der Waals surface area contributed by atoms with Crippen molar-refractivity contribution >= 4 is 51.0 Å². The Labute approximate surface area is 158 Å². The number of carbonyl (C=O) groups is 3. The highest BCUT2D eigenvalue weighted by molar-refractivity contribution is 7.20. The number of aromatic nitrogens is 1. The lowest BCUT2D eigenvalue weighted by Crippen LogP contribution is -2.36. The summed E-state index contributed by atoms with van der Waals surface area (Å²) in [5, 5.41) is 3.18. The van der Waals surface area contributed by atoms with Gasteiger partial charge >= 0.3 is 5.97 Å². The van der Waals surface area contributed by atoms with Gasteiger partial charge in [-0.1, -0.05) is 18.2 Å². The zero-order valence-corrected chi connectivity index (χ0v) is 15.3. The molecule has 0 bridgehead atoms. The first-order valence-electron chi connectivity index (χ1n) is 8.14. The molecule has 1 aromatic carbocycles. The summed E-state index contributed by atoms with van der Waals surface area (Å²) in [5.41, 5.74) is 2.93. The molecule has 1 aliphatic rings. The third-order valence-corrected chi connectivity index (χ3v) is 5.63. The van der Waals surface area contributed by atoms with Gasteiger partial charge in [0.25, 0.3) is 11.8 Å². The number of aryl methyl sites for hydroxylation is 1. The number of nitrogens with one attached hydrogen (secondary N) is 1. The second-order valence-corrected chi connectivity index (χ2v) is 7.06. The number of hydrogen-bond donors (Lipinski definition) is 1. The molecule has 0 fully saturated rings. The molecule has 134 valence electrons. The van der Waals surface area contributed by atoms with Crippen LogP contribution in [-0.4, -0.2) is 29.9 Å². The molecular weight excluding hydrogens is 364 g/mol.